The van der Waals surface area contributed by atoms with Crippen molar-refractivity contribution in [3.63, 3.8) is 0 Å². The number of ether oxygens (including phenoxy) is 1. The maximum absolute atomic E-state index is 12.3. The highest BCUT2D eigenvalue weighted by Crippen LogP contribution is 2.59. The number of hydrogen-bond donors (Lipinski definition) is 0. The van der Waals surface area contributed by atoms with Gasteiger partial charge in [0.15, 0.2) is 0 Å². The number of allylic oxidation sites excluding steroid dienone is 2. The standard InChI is InChI=1S/C19H27NO4S/c1-13(2)11-16-17(19(16,3)4)18(21)24-12-14-7-9-15(10-8-14)25(22,23)20(5)6/h7-11,16-17H,12H2,1-6H3. The molecule has 1 aromatic carbocycles. The molecule has 2 rings (SSSR count). The normalized spacial score (nSPS) is 21.7. The second-order valence-electron chi connectivity index (χ2n) is 7.61. The molecule has 6 heteroatoms. The number of carbonyl (C=O) groups excluding carboxylic acids is 1. The van der Waals surface area contributed by atoms with Crippen molar-refractivity contribution in [3.8, 4) is 0 Å². The van der Waals surface area contributed by atoms with E-state index in [0.29, 0.717) is 0 Å². The lowest BCUT2D eigenvalue weighted by Gasteiger charge is -2.12. The second-order valence-corrected chi connectivity index (χ2v) is 9.76. The largest absolute Gasteiger partial charge is 0.461 e. The minimum atomic E-state index is -3.44. The van der Waals surface area contributed by atoms with Crippen LogP contribution < -0.4 is 0 Å². The van der Waals surface area contributed by atoms with Crippen molar-refractivity contribution in [2.24, 2.45) is 17.3 Å². The summed E-state index contributed by atoms with van der Waals surface area (Å²) in [6.07, 6.45) is 2.13. The second kappa shape index (κ2) is 6.92. The molecule has 1 aliphatic carbocycles. The Morgan fingerprint density at radius 3 is 2.24 bits per heavy atom. The zero-order chi connectivity index (χ0) is 19.0. The molecule has 1 fully saturated rings. The maximum atomic E-state index is 12.3. The lowest BCUT2D eigenvalue weighted by atomic mass is 10.1. The summed E-state index contributed by atoms with van der Waals surface area (Å²) < 4.78 is 30.7. The van der Waals surface area contributed by atoms with E-state index >= 15 is 0 Å². The van der Waals surface area contributed by atoms with Crippen LogP contribution in [0.1, 0.15) is 33.3 Å². The quantitative estimate of drug-likeness (QED) is 0.573. The Morgan fingerprint density at radius 1 is 1.20 bits per heavy atom. The van der Waals surface area contributed by atoms with Gasteiger partial charge in [-0.15, -0.1) is 0 Å². The molecule has 0 heterocycles. The number of carbonyl (C=O) groups is 1. The van der Waals surface area contributed by atoms with Gasteiger partial charge in [0.05, 0.1) is 10.8 Å². The Labute approximate surface area is 150 Å². The van der Waals surface area contributed by atoms with Gasteiger partial charge in [0.25, 0.3) is 0 Å². The molecule has 0 spiro atoms. The van der Waals surface area contributed by atoms with E-state index in [2.05, 4.69) is 19.9 Å². The van der Waals surface area contributed by atoms with Gasteiger partial charge in [-0.2, -0.15) is 0 Å². The van der Waals surface area contributed by atoms with E-state index in [1.54, 1.807) is 12.1 Å². The van der Waals surface area contributed by atoms with Crippen LogP contribution >= 0.6 is 0 Å². The van der Waals surface area contributed by atoms with E-state index in [1.165, 1.54) is 36.1 Å². The van der Waals surface area contributed by atoms with Gasteiger partial charge in [0.2, 0.25) is 10.0 Å². The minimum Gasteiger partial charge on any atom is -0.461 e. The number of nitrogens with zero attached hydrogens (tertiary/aromatic N) is 1. The molecule has 2 atom stereocenters. The van der Waals surface area contributed by atoms with E-state index in [1.807, 2.05) is 13.8 Å². The Balaban J connectivity index is 1.99. The summed E-state index contributed by atoms with van der Waals surface area (Å²) in [6, 6.07) is 6.42. The van der Waals surface area contributed by atoms with Gasteiger partial charge in [-0.3, -0.25) is 4.79 Å². The highest BCUT2D eigenvalue weighted by molar-refractivity contribution is 7.89. The van der Waals surface area contributed by atoms with Gasteiger partial charge in [-0.1, -0.05) is 37.6 Å². The lowest BCUT2D eigenvalue weighted by Crippen LogP contribution is -2.22. The fourth-order valence-electron chi connectivity index (χ4n) is 3.01. The average Bonchev–Trinajstić information content (AvgIpc) is 3.05. The van der Waals surface area contributed by atoms with Crippen LogP contribution in [0.4, 0.5) is 0 Å². The minimum absolute atomic E-state index is 0.0714. The Kier molecular flexibility index (Phi) is 5.44. The number of hydrogen-bond acceptors (Lipinski definition) is 4. The van der Waals surface area contributed by atoms with Crippen LogP contribution in [0, 0.1) is 17.3 Å². The smallest absolute Gasteiger partial charge is 0.310 e. The summed E-state index contributed by atoms with van der Waals surface area (Å²) in [5.74, 6) is -0.0918. The topological polar surface area (TPSA) is 63.7 Å². The number of esters is 1. The summed E-state index contributed by atoms with van der Waals surface area (Å²) in [5.41, 5.74) is 1.90. The van der Waals surface area contributed by atoms with E-state index in [4.69, 9.17) is 4.74 Å². The number of benzene rings is 1. The van der Waals surface area contributed by atoms with Crippen molar-refractivity contribution in [2.45, 2.75) is 39.2 Å². The fraction of sp³-hybridized carbons (Fsp3) is 0.526. The molecule has 2 unspecified atom stereocenters. The Bertz CT molecular complexity index is 772. The van der Waals surface area contributed by atoms with E-state index in [9.17, 15) is 13.2 Å². The van der Waals surface area contributed by atoms with Crippen LogP contribution in [0.15, 0.2) is 40.8 Å². The summed E-state index contributed by atoms with van der Waals surface area (Å²) in [5, 5.41) is 0. The molecule has 1 aliphatic rings. The first kappa shape index (κ1) is 19.7. The predicted molar refractivity (Wildman–Crippen MR) is 97.3 cm³/mol. The third kappa shape index (κ3) is 4.12. The van der Waals surface area contributed by atoms with Crippen molar-refractivity contribution in [2.75, 3.05) is 14.1 Å². The molecule has 0 bridgehead atoms. The zero-order valence-corrected chi connectivity index (χ0v) is 16.6. The van der Waals surface area contributed by atoms with Crippen LogP contribution in [0.2, 0.25) is 0 Å². The van der Waals surface area contributed by atoms with E-state index < -0.39 is 10.0 Å². The van der Waals surface area contributed by atoms with Crippen molar-refractivity contribution >= 4 is 16.0 Å². The summed E-state index contributed by atoms with van der Waals surface area (Å²) in [7, 11) is -0.461. The monoisotopic (exact) mass is 365 g/mol. The highest BCUT2D eigenvalue weighted by atomic mass is 32.2. The molecule has 0 aliphatic heterocycles. The van der Waals surface area contributed by atoms with Crippen LogP contribution in [0.5, 0.6) is 0 Å². The van der Waals surface area contributed by atoms with Crippen LogP contribution in [0.3, 0.4) is 0 Å². The van der Waals surface area contributed by atoms with Gasteiger partial charge in [-0.25, -0.2) is 12.7 Å². The van der Waals surface area contributed by atoms with Gasteiger partial charge in [0.1, 0.15) is 6.61 Å². The molecular formula is C19H27NO4S. The molecule has 138 valence electrons. The predicted octanol–water partition coefficient (Wildman–Crippen LogP) is 3.22. The molecule has 0 saturated heterocycles. The van der Waals surface area contributed by atoms with Crippen LogP contribution in [-0.4, -0.2) is 32.8 Å². The lowest BCUT2D eigenvalue weighted by molar-refractivity contribution is -0.147. The molecular weight excluding hydrogens is 338 g/mol. The van der Waals surface area contributed by atoms with Crippen LogP contribution in [-0.2, 0) is 26.2 Å². The van der Waals surface area contributed by atoms with Crippen molar-refractivity contribution in [3.05, 3.63) is 41.5 Å². The zero-order valence-electron chi connectivity index (χ0n) is 15.7. The van der Waals surface area contributed by atoms with Crippen LogP contribution in [0.25, 0.3) is 0 Å². The van der Waals surface area contributed by atoms with Gasteiger partial charge in [0, 0.05) is 14.1 Å². The molecule has 1 saturated carbocycles. The molecule has 0 aromatic heterocycles. The first-order valence-electron chi connectivity index (χ1n) is 8.31. The number of rotatable bonds is 6. The Hall–Kier alpha value is -1.66. The molecule has 25 heavy (non-hydrogen) atoms. The molecule has 0 amide bonds. The molecule has 5 nitrogen and oxygen atoms in total. The molecule has 0 radical (unpaired) electrons. The van der Waals surface area contributed by atoms with E-state index in [-0.39, 0.29) is 34.7 Å². The average molecular weight is 365 g/mol. The maximum Gasteiger partial charge on any atom is 0.310 e. The first-order valence-corrected chi connectivity index (χ1v) is 9.75. The summed E-state index contributed by atoms with van der Waals surface area (Å²) in [4.78, 5) is 12.6. The summed E-state index contributed by atoms with van der Waals surface area (Å²) >= 11 is 0. The summed E-state index contributed by atoms with van der Waals surface area (Å²) in [6.45, 7) is 8.35. The molecule has 0 N–H and O–H groups in total. The first-order chi connectivity index (χ1) is 11.5. The fourth-order valence-corrected chi connectivity index (χ4v) is 3.91. The van der Waals surface area contributed by atoms with Gasteiger partial charge in [-0.05, 0) is 42.9 Å². The third-order valence-electron chi connectivity index (χ3n) is 4.76. The van der Waals surface area contributed by atoms with Crippen molar-refractivity contribution < 1.29 is 17.9 Å². The van der Waals surface area contributed by atoms with Crippen molar-refractivity contribution in [1.29, 1.82) is 0 Å². The Morgan fingerprint density at radius 2 is 1.76 bits per heavy atom. The highest BCUT2D eigenvalue weighted by Gasteiger charge is 2.61. The van der Waals surface area contributed by atoms with Gasteiger partial charge >= 0.3 is 5.97 Å². The van der Waals surface area contributed by atoms with E-state index in [0.717, 1.165) is 5.56 Å². The SMILES string of the molecule is CC(C)=CC1C(C(=O)OCc2ccc(S(=O)(=O)N(C)C)cc2)C1(C)C. The third-order valence-corrected chi connectivity index (χ3v) is 6.59. The van der Waals surface area contributed by atoms with Crippen molar-refractivity contribution in [1.82, 2.24) is 4.31 Å². The molecule has 1 aromatic rings. The number of sulfonamides is 1. The van der Waals surface area contributed by atoms with Gasteiger partial charge < -0.3 is 4.74 Å².